The van der Waals surface area contributed by atoms with Crippen molar-refractivity contribution in [2.75, 3.05) is 67.6 Å². The number of methoxy groups -OCH3 is 2. The molecule has 78 heavy (non-hydrogen) atoms. The number of aliphatic hydroxyl groups excluding tert-OH is 2. The van der Waals surface area contributed by atoms with Crippen molar-refractivity contribution in [3.63, 3.8) is 0 Å². The fourth-order valence-corrected chi connectivity index (χ4v) is 11.9. The Morgan fingerprint density at radius 1 is 0.859 bits per heavy atom. The molecule has 0 saturated carbocycles. The molecule has 0 spiro atoms. The Bertz CT molecular complexity index is 2430. The first-order valence-electron chi connectivity index (χ1n) is 27.5. The quantitative estimate of drug-likeness (QED) is 0.153. The minimum Gasteiger partial charge on any atom is -0.477 e. The van der Waals surface area contributed by atoms with Gasteiger partial charge < -0.3 is 73.1 Å². The van der Waals surface area contributed by atoms with Gasteiger partial charge in [0.25, 0.3) is 0 Å². The zero-order chi connectivity index (χ0) is 58.5. The number of carboxylic acid groups (broad SMARTS) is 1. The lowest BCUT2D eigenvalue weighted by Crippen LogP contribution is -2.61. The van der Waals surface area contributed by atoms with E-state index in [1.807, 2.05) is 56.9 Å². The Morgan fingerprint density at radius 2 is 1.50 bits per heavy atom. The van der Waals surface area contributed by atoms with Crippen LogP contribution in [-0.2, 0) is 58.7 Å². The molecule has 3 aliphatic rings. The SMILES string of the molecule is CC[C@H]1OC(=O)[C@H](C)[C@@H](O[C@H]2C[C@@](C)(OC)[C@@H](OC(=O)CCN(C)CCCc3ccc4c(c3)c(=O)c(C(=O)O)cn4N(C)C)[C@H](C)O2)[C@H](C)[C@@H](O[C@@H]2O[C@H](C)C[C@H](N(C)C)[C@H]2O)[C@](C)(OC)C[C@@H](C)C(=O)[C@@H](C)[C@@H](O)[C@]1(C)O. The number of aryl methyl sites for hydroxylation is 1. The third-order valence-corrected chi connectivity index (χ3v) is 16.9. The number of carbonyl (C=O) groups excluding carboxylic acids is 3. The molecule has 4 N–H and O–H groups in total. The molecule has 3 fully saturated rings. The van der Waals surface area contributed by atoms with Gasteiger partial charge in [0.15, 0.2) is 18.7 Å². The van der Waals surface area contributed by atoms with Gasteiger partial charge in [0.05, 0.1) is 54.0 Å². The normalized spacial score (nSPS) is 36.6. The minimum atomic E-state index is -2.03. The predicted octanol–water partition coefficient (Wildman–Crippen LogP) is 4.16. The van der Waals surface area contributed by atoms with Gasteiger partial charge in [-0.25, -0.2) is 4.79 Å². The average Bonchev–Trinajstić information content (AvgIpc) is 3.50. The lowest BCUT2D eigenvalue weighted by atomic mass is 9.74. The molecule has 0 radical (unpaired) electrons. The number of nitrogens with zero attached hydrogens (tertiary/aromatic N) is 4. The number of cyclic esters (lactones) is 1. The number of aromatic nitrogens is 1. The Morgan fingerprint density at radius 3 is 2.09 bits per heavy atom. The van der Waals surface area contributed by atoms with E-state index in [9.17, 15) is 44.4 Å². The summed E-state index contributed by atoms with van der Waals surface area (Å²) in [6.07, 6.45) is -6.95. The second-order valence-corrected chi connectivity index (χ2v) is 23.5. The van der Waals surface area contributed by atoms with Crippen LogP contribution in [0.25, 0.3) is 10.9 Å². The van der Waals surface area contributed by atoms with Gasteiger partial charge in [0.2, 0.25) is 5.43 Å². The zero-order valence-corrected chi connectivity index (χ0v) is 49.2. The van der Waals surface area contributed by atoms with E-state index < -0.39 is 119 Å². The van der Waals surface area contributed by atoms with E-state index in [1.54, 1.807) is 71.4 Å². The number of hydrogen-bond donors (Lipinski definition) is 4. The lowest BCUT2D eigenvalue weighted by Gasteiger charge is -2.50. The molecule has 0 unspecified atom stereocenters. The van der Waals surface area contributed by atoms with Crippen molar-refractivity contribution in [3.8, 4) is 0 Å². The molecule has 0 bridgehead atoms. The summed E-state index contributed by atoms with van der Waals surface area (Å²) in [6, 6.07) is 5.13. The maximum Gasteiger partial charge on any atom is 0.341 e. The van der Waals surface area contributed by atoms with E-state index in [4.69, 9.17) is 37.9 Å². The van der Waals surface area contributed by atoms with Crippen molar-refractivity contribution in [1.29, 1.82) is 0 Å². The van der Waals surface area contributed by atoms with Crippen molar-refractivity contribution in [3.05, 3.63) is 45.7 Å². The van der Waals surface area contributed by atoms with E-state index in [2.05, 4.69) is 0 Å². The van der Waals surface area contributed by atoms with Crippen LogP contribution in [0.3, 0.4) is 0 Å². The number of likely N-dealkylation sites (N-methyl/N-ethyl adjacent to an activating group) is 1. The average molecular weight is 1110 g/mol. The molecule has 0 aliphatic carbocycles. The number of Topliss-reactive ketones (excluding diaryl/α,β-unsaturated/α-hetero) is 1. The van der Waals surface area contributed by atoms with Gasteiger partial charge in [-0.3, -0.25) is 23.9 Å². The van der Waals surface area contributed by atoms with Crippen LogP contribution in [0, 0.1) is 23.7 Å². The molecular formula is C57H92N4O17. The molecule has 21 nitrogen and oxygen atoms in total. The van der Waals surface area contributed by atoms with Crippen molar-refractivity contribution >= 4 is 34.6 Å². The summed E-state index contributed by atoms with van der Waals surface area (Å²) in [4.78, 5) is 71.4. The van der Waals surface area contributed by atoms with Crippen molar-refractivity contribution in [2.45, 2.75) is 198 Å². The number of aromatic carboxylic acids is 1. The highest BCUT2D eigenvalue weighted by Gasteiger charge is 2.55. The lowest BCUT2D eigenvalue weighted by molar-refractivity contribution is -0.320. The topological polar surface area (TPSA) is 255 Å². The van der Waals surface area contributed by atoms with Gasteiger partial charge in [-0.1, -0.05) is 33.8 Å². The summed E-state index contributed by atoms with van der Waals surface area (Å²) in [5.41, 5.74) is -3.92. The molecule has 442 valence electrons. The van der Waals surface area contributed by atoms with Gasteiger partial charge in [-0.15, -0.1) is 0 Å². The number of hydrogen-bond acceptors (Lipinski definition) is 19. The Hall–Kier alpha value is -4.13. The van der Waals surface area contributed by atoms with Gasteiger partial charge in [0, 0.05) is 76.7 Å². The van der Waals surface area contributed by atoms with Crippen LogP contribution in [0.1, 0.15) is 124 Å². The highest BCUT2D eigenvalue weighted by atomic mass is 16.7. The number of ether oxygens (including phenoxy) is 8. The number of esters is 2. The smallest absolute Gasteiger partial charge is 0.341 e. The number of aliphatic hydroxyl groups is 3. The van der Waals surface area contributed by atoms with E-state index in [0.29, 0.717) is 43.3 Å². The Kier molecular flexibility index (Phi) is 22.1. The maximum absolute atomic E-state index is 14.6. The molecule has 4 heterocycles. The molecule has 5 rings (SSSR count). The molecule has 3 aliphatic heterocycles. The first kappa shape index (κ1) is 64.7. The first-order valence-corrected chi connectivity index (χ1v) is 27.5. The summed E-state index contributed by atoms with van der Waals surface area (Å²) >= 11 is 0. The summed E-state index contributed by atoms with van der Waals surface area (Å²) in [7, 11) is 12.1. The fourth-order valence-electron chi connectivity index (χ4n) is 11.9. The highest BCUT2D eigenvalue weighted by Crippen LogP contribution is 2.42. The molecule has 2 aromatic rings. The van der Waals surface area contributed by atoms with Gasteiger partial charge >= 0.3 is 17.9 Å². The predicted molar refractivity (Wildman–Crippen MR) is 291 cm³/mol. The number of carbonyl (C=O) groups is 4. The van der Waals surface area contributed by atoms with Crippen LogP contribution in [0.4, 0.5) is 0 Å². The van der Waals surface area contributed by atoms with Crippen LogP contribution in [0.5, 0.6) is 0 Å². The van der Waals surface area contributed by atoms with Crippen molar-refractivity contribution in [2.24, 2.45) is 23.7 Å². The summed E-state index contributed by atoms with van der Waals surface area (Å²) in [5.74, 6) is -6.62. The second-order valence-electron chi connectivity index (χ2n) is 23.5. The summed E-state index contributed by atoms with van der Waals surface area (Å²) in [6.45, 7) is 18.0. The summed E-state index contributed by atoms with van der Waals surface area (Å²) < 4.78 is 53.1. The van der Waals surface area contributed by atoms with Crippen molar-refractivity contribution in [1.82, 2.24) is 14.5 Å². The van der Waals surface area contributed by atoms with E-state index in [0.717, 1.165) is 5.56 Å². The standard InChI is InChI=1S/C57H92N4O17/c1-18-42-57(10,70)49(66)33(4)45(63)31(2)28-55(8,71-16)50(78-54-47(65)41(58(11)12)26-32(3)73-54)34(5)48(35(6)53(69)75-42)77-44-29-56(9,72-17)51(36(7)74-44)76-43(62)23-25-60(15)24-19-20-37-21-22-40-38(27-37)46(64)39(52(67)68)30-61(40)59(13)14/h21-22,27,30-36,41-42,44,47-51,54,65-66,70H,18-20,23-26,28-29H2,1-17H3,(H,67,68)/t31-,32-,33-,34+,35-,36+,41+,42-,44+,47-,48+,49-,50-,51+,54+,55-,56-,57-/m1/s1. The maximum atomic E-state index is 14.6. The van der Waals surface area contributed by atoms with Gasteiger partial charge in [-0.05, 0) is 119 Å². The number of fused-ring (bicyclic) bond motifs is 1. The second kappa shape index (κ2) is 26.6. The largest absolute Gasteiger partial charge is 0.477 e. The van der Waals surface area contributed by atoms with E-state index >= 15 is 0 Å². The molecule has 21 heteroatoms. The number of carboxylic acids is 1. The van der Waals surface area contributed by atoms with Crippen LogP contribution in [-0.4, -0.2) is 205 Å². The number of pyridine rings is 1. The van der Waals surface area contributed by atoms with Crippen LogP contribution in [0.15, 0.2) is 29.2 Å². The first-order chi connectivity index (χ1) is 36.3. The molecular weight excluding hydrogens is 1010 g/mol. The third-order valence-electron chi connectivity index (χ3n) is 16.9. The van der Waals surface area contributed by atoms with Gasteiger partial charge in [0.1, 0.15) is 34.8 Å². The van der Waals surface area contributed by atoms with E-state index in [-0.39, 0.29) is 49.2 Å². The third kappa shape index (κ3) is 14.5. The van der Waals surface area contributed by atoms with Crippen LogP contribution < -0.4 is 10.4 Å². The van der Waals surface area contributed by atoms with Crippen molar-refractivity contribution < 1.29 is 77.5 Å². The highest BCUT2D eigenvalue weighted by molar-refractivity contribution is 5.93. The molecule has 18 atom stereocenters. The Labute approximate surface area is 460 Å². The molecule has 1 aromatic heterocycles. The minimum absolute atomic E-state index is 0.0352. The zero-order valence-electron chi connectivity index (χ0n) is 49.2. The molecule has 3 saturated heterocycles. The van der Waals surface area contributed by atoms with Crippen LogP contribution in [0.2, 0.25) is 0 Å². The summed E-state index contributed by atoms with van der Waals surface area (Å²) in [5, 5.41) is 47.0. The van der Waals surface area contributed by atoms with Crippen LogP contribution >= 0.6 is 0 Å². The Balaban J connectivity index is 1.36. The molecule has 1 aromatic carbocycles. The number of ketones is 1. The van der Waals surface area contributed by atoms with E-state index in [1.165, 1.54) is 34.3 Å². The number of rotatable bonds is 18. The monoisotopic (exact) mass is 1100 g/mol. The fraction of sp³-hybridized carbons (Fsp3) is 0.772. The molecule has 0 amide bonds. The van der Waals surface area contributed by atoms with Gasteiger partial charge in [-0.2, -0.15) is 0 Å². The number of benzene rings is 1.